The second-order valence-corrected chi connectivity index (χ2v) is 7.46. The van der Waals surface area contributed by atoms with Crippen LogP contribution in [0.2, 0.25) is 5.02 Å². The van der Waals surface area contributed by atoms with Gasteiger partial charge in [-0.05, 0) is 57.4 Å². The summed E-state index contributed by atoms with van der Waals surface area (Å²) >= 11 is 6.31. The van der Waals surface area contributed by atoms with Gasteiger partial charge < -0.3 is 15.0 Å². The number of benzene rings is 1. The molecule has 1 saturated heterocycles. The Morgan fingerprint density at radius 3 is 2.50 bits per heavy atom. The van der Waals surface area contributed by atoms with Crippen molar-refractivity contribution in [2.75, 3.05) is 18.4 Å². The minimum absolute atomic E-state index is 0.0143. The fraction of sp³-hybridized carbons (Fsp3) is 0.381. The van der Waals surface area contributed by atoms with Gasteiger partial charge in [0, 0.05) is 31.0 Å². The first-order valence-corrected chi connectivity index (χ1v) is 9.84. The number of piperidine rings is 1. The zero-order valence-electron chi connectivity index (χ0n) is 16.1. The van der Waals surface area contributed by atoms with E-state index in [1.807, 2.05) is 18.7 Å². The van der Waals surface area contributed by atoms with Crippen LogP contribution in [0.15, 0.2) is 36.5 Å². The number of nitrogens with one attached hydrogen (secondary N) is 1. The van der Waals surface area contributed by atoms with Crippen LogP contribution < -0.4 is 10.1 Å². The molecule has 1 aliphatic rings. The lowest BCUT2D eigenvalue weighted by Gasteiger charge is -2.27. The minimum Gasteiger partial charge on any atom is -0.475 e. The van der Waals surface area contributed by atoms with Gasteiger partial charge in [-0.3, -0.25) is 9.59 Å². The number of pyridine rings is 1. The average molecular weight is 402 g/mol. The van der Waals surface area contributed by atoms with Gasteiger partial charge in [-0.15, -0.1) is 0 Å². The van der Waals surface area contributed by atoms with E-state index in [0.29, 0.717) is 27.7 Å². The van der Waals surface area contributed by atoms with Crippen molar-refractivity contribution in [1.29, 1.82) is 0 Å². The summed E-state index contributed by atoms with van der Waals surface area (Å²) in [6.45, 7) is 5.34. The summed E-state index contributed by atoms with van der Waals surface area (Å²) in [4.78, 5) is 31.0. The molecule has 2 heterocycles. The van der Waals surface area contributed by atoms with E-state index in [1.165, 1.54) is 6.20 Å². The second-order valence-electron chi connectivity index (χ2n) is 7.05. The second kappa shape index (κ2) is 9.06. The van der Waals surface area contributed by atoms with Gasteiger partial charge in [0.25, 0.3) is 11.8 Å². The Kier molecular flexibility index (Phi) is 6.52. The van der Waals surface area contributed by atoms with Crippen molar-refractivity contribution < 1.29 is 14.3 Å². The molecule has 0 saturated carbocycles. The fourth-order valence-corrected chi connectivity index (χ4v) is 3.32. The highest BCUT2D eigenvalue weighted by Crippen LogP contribution is 2.24. The smallest absolute Gasteiger partial charge is 0.257 e. The Morgan fingerprint density at radius 2 is 1.89 bits per heavy atom. The SMILES string of the molecule is CC(C)Oc1ccc(C(=O)Nc2ccc(C(=O)N3CCCCC3)c(Cl)c2)cn1. The number of anilines is 1. The lowest BCUT2D eigenvalue weighted by Crippen LogP contribution is -2.35. The number of amides is 2. The van der Waals surface area contributed by atoms with Crippen LogP contribution in [0, 0.1) is 0 Å². The molecule has 1 N–H and O–H groups in total. The number of carbonyl (C=O) groups excluding carboxylic acids is 2. The number of likely N-dealkylation sites (tertiary alicyclic amines) is 1. The maximum Gasteiger partial charge on any atom is 0.257 e. The van der Waals surface area contributed by atoms with Crippen LogP contribution in [-0.4, -0.2) is 40.9 Å². The van der Waals surface area contributed by atoms with E-state index >= 15 is 0 Å². The largest absolute Gasteiger partial charge is 0.475 e. The van der Waals surface area contributed by atoms with Crippen molar-refractivity contribution in [3.8, 4) is 5.88 Å². The molecule has 0 bridgehead atoms. The third kappa shape index (κ3) is 5.01. The summed E-state index contributed by atoms with van der Waals surface area (Å²) in [5, 5.41) is 3.10. The quantitative estimate of drug-likeness (QED) is 0.805. The highest BCUT2D eigenvalue weighted by molar-refractivity contribution is 6.34. The first-order valence-electron chi connectivity index (χ1n) is 9.47. The maximum absolute atomic E-state index is 12.6. The van der Waals surface area contributed by atoms with Gasteiger partial charge in [0.2, 0.25) is 5.88 Å². The molecule has 2 amide bonds. The van der Waals surface area contributed by atoms with Crippen molar-refractivity contribution in [2.45, 2.75) is 39.2 Å². The van der Waals surface area contributed by atoms with E-state index in [9.17, 15) is 9.59 Å². The van der Waals surface area contributed by atoms with Crippen LogP contribution in [0.5, 0.6) is 5.88 Å². The molecule has 1 fully saturated rings. The van der Waals surface area contributed by atoms with Crippen LogP contribution in [0.4, 0.5) is 5.69 Å². The number of hydrogen-bond acceptors (Lipinski definition) is 4. The zero-order chi connectivity index (χ0) is 20.1. The third-order valence-electron chi connectivity index (χ3n) is 4.46. The first-order chi connectivity index (χ1) is 13.4. The highest BCUT2D eigenvalue weighted by Gasteiger charge is 2.20. The zero-order valence-corrected chi connectivity index (χ0v) is 16.8. The summed E-state index contributed by atoms with van der Waals surface area (Å²) in [5.41, 5.74) is 1.38. The van der Waals surface area contributed by atoms with Crippen molar-refractivity contribution in [3.63, 3.8) is 0 Å². The number of hydrogen-bond donors (Lipinski definition) is 1. The number of rotatable bonds is 5. The van der Waals surface area contributed by atoms with Gasteiger partial charge in [0.1, 0.15) is 0 Å². The molecule has 1 aliphatic heterocycles. The fourth-order valence-electron chi connectivity index (χ4n) is 3.06. The molecule has 0 atom stereocenters. The molecule has 0 unspecified atom stereocenters. The van der Waals surface area contributed by atoms with E-state index in [0.717, 1.165) is 32.4 Å². The van der Waals surface area contributed by atoms with E-state index in [4.69, 9.17) is 16.3 Å². The van der Waals surface area contributed by atoms with Crippen LogP contribution in [-0.2, 0) is 0 Å². The van der Waals surface area contributed by atoms with E-state index in [1.54, 1.807) is 30.3 Å². The van der Waals surface area contributed by atoms with Gasteiger partial charge in [0.05, 0.1) is 22.3 Å². The lowest BCUT2D eigenvalue weighted by molar-refractivity contribution is 0.0724. The van der Waals surface area contributed by atoms with Gasteiger partial charge in [-0.2, -0.15) is 0 Å². The van der Waals surface area contributed by atoms with Crippen LogP contribution in [0.1, 0.15) is 53.8 Å². The van der Waals surface area contributed by atoms with Crippen LogP contribution >= 0.6 is 11.6 Å². The summed E-state index contributed by atoms with van der Waals surface area (Å²) in [7, 11) is 0. The lowest BCUT2D eigenvalue weighted by atomic mass is 10.1. The van der Waals surface area contributed by atoms with Crippen molar-refractivity contribution in [2.24, 2.45) is 0 Å². The molecule has 3 rings (SSSR count). The predicted octanol–water partition coefficient (Wildman–Crippen LogP) is 4.40. The van der Waals surface area contributed by atoms with Crippen molar-refractivity contribution in [3.05, 3.63) is 52.7 Å². The monoisotopic (exact) mass is 401 g/mol. The molecule has 0 radical (unpaired) electrons. The minimum atomic E-state index is -0.310. The Bertz CT molecular complexity index is 846. The molecule has 6 nitrogen and oxygen atoms in total. The Hall–Kier alpha value is -2.60. The summed E-state index contributed by atoms with van der Waals surface area (Å²) < 4.78 is 5.47. The molecular weight excluding hydrogens is 378 g/mol. The maximum atomic E-state index is 12.6. The predicted molar refractivity (Wildman–Crippen MR) is 109 cm³/mol. The molecule has 1 aromatic carbocycles. The summed E-state index contributed by atoms with van der Waals surface area (Å²) in [5.74, 6) is 0.0949. The van der Waals surface area contributed by atoms with Crippen molar-refractivity contribution in [1.82, 2.24) is 9.88 Å². The third-order valence-corrected chi connectivity index (χ3v) is 4.77. The van der Waals surface area contributed by atoms with Gasteiger partial charge >= 0.3 is 0 Å². The van der Waals surface area contributed by atoms with E-state index in [-0.39, 0.29) is 17.9 Å². The molecule has 0 aliphatic carbocycles. The summed E-state index contributed by atoms with van der Waals surface area (Å²) in [6.07, 6.45) is 4.67. The normalized spacial score (nSPS) is 14.1. The first kappa shape index (κ1) is 20.1. The van der Waals surface area contributed by atoms with Crippen molar-refractivity contribution >= 4 is 29.1 Å². The van der Waals surface area contributed by atoms with Gasteiger partial charge in [-0.1, -0.05) is 11.6 Å². The molecule has 1 aromatic heterocycles. The number of nitrogens with zero attached hydrogens (tertiary/aromatic N) is 2. The Labute approximate surface area is 169 Å². The average Bonchev–Trinajstić information content (AvgIpc) is 2.68. The number of aromatic nitrogens is 1. The topological polar surface area (TPSA) is 71.5 Å². The number of ether oxygens (including phenoxy) is 1. The standard InChI is InChI=1S/C21H24ClN3O3/c1-14(2)28-19-9-6-15(13-23-19)20(26)24-16-7-8-17(18(22)12-16)21(27)25-10-4-3-5-11-25/h6-9,12-14H,3-5,10-11H2,1-2H3,(H,24,26). The Balaban J connectivity index is 1.66. The number of halogens is 1. The Morgan fingerprint density at radius 1 is 1.14 bits per heavy atom. The molecule has 28 heavy (non-hydrogen) atoms. The van der Waals surface area contributed by atoms with Crippen LogP contribution in [0.25, 0.3) is 0 Å². The van der Waals surface area contributed by atoms with E-state index in [2.05, 4.69) is 10.3 Å². The molecule has 148 valence electrons. The molecule has 2 aromatic rings. The van der Waals surface area contributed by atoms with E-state index < -0.39 is 0 Å². The highest BCUT2D eigenvalue weighted by atomic mass is 35.5. The van der Waals surface area contributed by atoms with Gasteiger partial charge in [0.15, 0.2) is 0 Å². The summed E-state index contributed by atoms with van der Waals surface area (Å²) in [6, 6.07) is 8.25. The van der Waals surface area contributed by atoms with Crippen LogP contribution in [0.3, 0.4) is 0 Å². The molecule has 0 spiro atoms. The number of carbonyl (C=O) groups is 2. The molecular formula is C21H24ClN3O3. The molecule has 7 heteroatoms. The van der Waals surface area contributed by atoms with Gasteiger partial charge in [-0.25, -0.2) is 4.98 Å².